The summed E-state index contributed by atoms with van der Waals surface area (Å²) in [5, 5.41) is 9.61. The van der Waals surface area contributed by atoms with Gasteiger partial charge in [0.1, 0.15) is 17.4 Å². The van der Waals surface area contributed by atoms with Gasteiger partial charge in [0.2, 0.25) is 5.88 Å². The van der Waals surface area contributed by atoms with Crippen LogP contribution in [-0.4, -0.2) is 39.4 Å². The van der Waals surface area contributed by atoms with Gasteiger partial charge in [-0.15, -0.1) is 0 Å². The lowest BCUT2D eigenvalue weighted by Crippen LogP contribution is -2.25. The maximum absolute atomic E-state index is 12.6. The van der Waals surface area contributed by atoms with Crippen LogP contribution < -0.4 is 15.2 Å². The van der Waals surface area contributed by atoms with Crippen molar-refractivity contribution in [3.8, 4) is 17.6 Å². The van der Waals surface area contributed by atoms with Crippen LogP contribution in [0.5, 0.6) is 11.5 Å². The van der Waals surface area contributed by atoms with Crippen molar-refractivity contribution in [3.63, 3.8) is 0 Å². The molecule has 2 N–H and O–H groups in total. The zero-order valence-corrected chi connectivity index (χ0v) is 16.6. The second-order valence-corrected chi connectivity index (χ2v) is 5.89. The molecule has 2 rings (SSSR count). The molecular weight excluding hydrogens is 380 g/mol. The molecule has 1 atom stereocenters. The zero-order chi connectivity index (χ0) is 21.6. The molecule has 0 fully saturated rings. The average Bonchev–Trinajstić information content (AvgIpc) is 2.71. The predicted octanol–water partition coefficient (Wildman–Crippen LogP) is 1.89. The number of benzene rings is 1. The molecule has 1 unspecified atom stereocenters. The molecule has 1 aromatic carbocycles. The van der Waals surface area contributed by atoms with Crippen LogP contribution in [0.15, 0.2) is 41.0 Å². The number of methoxy groups -OCH3 is 2. The van der Waals surface area contributed by atoms with E-state index in [1.54, 1.807) is 32.0 Å². The van der Waals surface area contributed by atoms with Crippen LogP contribution >= 0.6 is 0 Å². The Morgan fingerprint density at radius 1 is 1.28 bits per heavy atom. The Hall–Kier alpha value is -3.67. The molecule has 0 amide bonds. The van der Waals surface area contributed by atoms with Crippen molar-refractivity contribution in [1.29, 1.82) is 5.26 Å². The zero-order valence-electron chi connectivity index (χ0n) is 16.6. The molecule has 0 spiro atoms. The fourth-order valence-electron chi connectivity index (χ4n) is 2.87. The van der Waals surface area contributed by atoms with Gasteiger partial charge in [-0.25, -0.2) is 9.59 Å². The SMILES string of the molecule is CCOC(=O)C1=C(C)OC(N)=C(C#N)C1c1ccc(OCC(=O)OC)c(OC)c1. The monoisotopic (exact) mass is 402 g/mol. The largest absolute Gasteiger partial charge is 0.493 e. The minimum atomic E-state index is -0.809. The standard InChI is InChI=1S/C20H22N2O7/c1-5-27-20(24)17-11(2)29-19(22)13(9-21)18(17)12-6-7-14(15(8-12)25-3)28-10-16(23)26-4/h6-8,18H,5,10,22H2,1-4H3. The number of allylic oxidation sites excluding steroid dienone is 2. The highest BCUT2D eigenvalue weighted by molar-refractivity contribution is 5.92. The molecule has 0 saturated carbocycles. The summed E-state index contributed by atoms with van der Waals surface area (Å²) in [4.78, 5) is 23.9. The van der Waals surface area contributed by atoms with Gasteiger partial charge in [0.15, 0.2) is 18.1 Å². The summed E-state index contributed by atoms with van der Waals surface area (Å²) >= 11 is 0. The molecule has 0 radical (unpaired) electrons. The van der Waals surface area contributed by atoms with Gasteiger partial charge in [0.25, 0.3) is 0 Å². The number of rotatable bonds is 7. The molecule has 1 aliphatic heterocycles. The maximum atomic E-state index is 12.6. The first-order valence-corrected chi connectivity index (χ1v) is 8.70. The third-order valence-corrected chi connectivity index (χ3v) is 4.20. The van der Waals surface area contributed by atoms with Crippen molar-refractivity contribution in [2.24, 2.45) is 5.73 Å². The Labute approximate surface area is 168 Å². The lowest BCUT2D eigenvalue weighted by atomic mass is 9.83. The number of nitriles is 1. The van der Waals surface area contributed by atoms with Crippen molar-refractivity contribution < 1.29 is 33.3 Å². The van der Waals surface area contributed by atoms with E-state index in [-0.39, 0.29) is 36.0 Å². The van der Waals surface area contributed by atoms with Gasteiger partial charge in [0.05, 0.1) is 32.3 Å². The Morgan fingerprint density at radius 3 is 2.59 bits per heavy atom. The average molecular weight is 402 g/mol. The highest BCUT2D eigenvalue weighted by Gasteiger charge is 2.36. The Morgan fingerprint density at radius 2 is 2.00 bits per heavy atom. The number of nitrogens with zero attached hydrogens (tertiary/aromatic N) is 1. The minimum absolute atomic E-state index is 0.0731. The summed E-state index contributed by atoms with van der Waals surface area (Å²) in [6, 6.07) is 6.81. The van der Waals surface area contributed by atoms with Crippen LogP contribution in [0.3, 0.4) is 0 Å². The van der Waals surface area contributed by atoms with Crippen LogP contribution in [0.1, 0.15) is 25.3 Å². The first-order chi connectivity index (χ1) is 13.9. The number of carbonyl (C=O) groups is 2. The van der Waals surface area contributed by atoms with E-state index < -0.39 is 17.9 Å². The smallest absolute Gasteiger partial charge is 0.343 e. The summed E-state index contributed by atoms with van der Waals surface area (Å²) in [7, 11) is 2.68. The van der Waals surface area contributed by atoms with E-state index in [4.69, 9.17) is 24.7 Å². The van der Waals surface area contributed by atoms with Gasteiger partial charge in [-0.05, 0) is 31.5 Å². The number of esters is 2. The fraction of sp³-hybridized carbons (Fsp3) is 0.350. The van der Waals surface area contributed by atoms with Crippen molar-refractivity contribution in [3.05, 3.63) is 46.6 Å². The summed E-state index contributed by atoms with van der Waals surface area (Å²) in [6.45, 7) is 3.11. The topological polar surface area (TPSA) is 130 Å². The van der Waals surface area contributed by atoms with Gasteiger partial charge < -0.3 is 29.4 Å². The number of nitrogens with two attached hydrogens (primary N) is 1. The molecular formula is C20H22N2O7. The summed E-state index contributed by atoms with van der Waals surface area (Å²) in [6.07, 6.45) is 0. The van der Waals surface area contributed by atoms with E-state index in [2.05, 4.69) is 4.74 Å². The molecule has 1 aliphatic rings. The van der Waals surface area contributed by atoms with Crippen molar-refractivity contribution >= 4 is 11.9 Å². The van der Waals surface area contributed by atoms with Gasteiger partial charge in [0, 0.05) is 0 Å². The van der Waals surface area contributed by atoms with Crippen LogP contribution in [-0.2, 0) is 23.8 Å². The molecule has 154 valence electrons. The molecule has 1 heterocycles. The highest BCUT2D eigenvalue weighted by Crippen LogP contribution is 2.42. The number of ether oxygens (including phenoxy) is 5. The van der Waals surface area contributed by atoms with Gasteiger partial charge in [-0.2, -0.15) is 5.26 Å². The van der Waals surface area contributed by atoms with E-state index in [9.17, 15) is 14.9 Å². The second kappa shape index (κ2) is 9.50. The molecule has 0 aromatic heterocycles. The predicted molar refractivity (Wildman–Crippen MR) is 100 cm³/mol. The van der Waals surface area contributed by atoms with Gasteiger partial charge in [-0.1, -0.05) is 6.07 Å². The third kappa shape index (κ3) is 4.60. The van der Waals surface area contributed by atoms with Crippen molar-refractivity contribution in [1.82, 2.24) is 0 Å². The first-order valence-electron chi connectivity index (χ1n) is 8.70. The van der Waals surface area contributed by atoms with Gasteiger partial charge >= 0.3 is 11.9 Å². The number of carbonyl (C=O) groups excluding carboxylic acids is 2. The normalized spacial score (nSPS) is 15.9. The van der Waals surface area contributed by atoms with Crippen LogP contribution in [0.25, 0.3) is 0 Å². The van der Waals surface area contributed by atoms with E-state index in [1.165, 1.54) is 14.2 Å². The van der Waals surface area contributed by atoms with E-state index in [0.717, 1.165) is 0 Å². The second-order valence-electron chi connectivity index (χ2n) is 5.89. The molecule has 0 bridgehead atoms. The summed E-state index contributed by atoms with van der Waals surface area (Å²) < 4.78 is 25.8. The van der Waals surface area contributed by atoms with Crippen LogP contribution in [0.4, 0.5) is 0 Å². The Kier molecular flexibility index (Phi) is 7.09. The lowest BCUT2D eigenvalue weighted by molar-refractivity contribution is -0.143. The Balaban J connectivity index is 2.52. The lowest BCUT2D eigenvalue weighted by Gasteiger charge is -2.27. The quantitative estimate of drug-likeness (QED) is 0.679. The minimum Gasteiger partial charge on any atom is -0.493 e. The molecule has 9 heteroatoms. The van der Waals surface area contributed by atoms with E-state index in [0.29, 0.717) is 17.1 Å². The van der Waals surface area contributed by atoms with Crippen LogP contribution in [0, 0.1) is 11.3 Å². The number of hydrogen-bond donors (Lipinski definition) is 1. The molecule has 29 heavy (non-hydrogen) atoms. The van der Waals surface area contributed by atoms with Crippen molar-refractivity contribution in [2.75, 3.05) is 27.4 Å². The third-order valence-electron chi connectivity index (χ3n) is 4.20. The summed E-state index contributed by atoms with van der Waals surface area (Å²) in [5.74, 6) is -1.22. The Bertz CT molecular complexity index is 912. The number of hydrogen-bond acceptors (Lipinski definition) is 9. The molecule has 1 aromatic rings. The highest BCUT2D eigenvalue weighted by atomic mass is 16.6. The molecule has 0 aliphatic carbocycles. The van der Waals surface area contributed by atoms with Crippen molar-refractivity contribution in [2.45, 2.75) is 19.8 Å². The fourth-order valence-corrected chi connectivity index (χ4v) is 2.87. The molecule has 9 nitrogen and oxygen atoms in total. The summed E-state index contributed by atoms with van der Waals surface area (Å²) in [5.41, 5.74) is 6.66. The first kappa shape index (κ1) is 21.6. The maximum Gasteiger partial charge on any atom is 0.343 e. The van der Waals surface area contributed by atoms with Crippen LogP contribution in [0.2, 0.25) is 0 Å². The van der Waals surface area contributed by atoms with E-state index >= 15 is 0 Å². The van der Waals surface area contributed by atoms with Gasteiger partial charge in [-0.3, -0.25) is 0 Å². The molecule has 0 saturated heterocycles. The van der Waals surface area contributed by atoms with E-state index in [1.807, 2.05) is 6.07 Å².